The SMILES string of the molecule is Cc1ccc(Nc2ccc(C(=O)O)c3ccccc23)c(Cl)c1. The van der Waals surface area contributed by atoms with Gasteiger partial charge in [0.1, 0.15) is 0 Å². The Morgan fingerprint density at radius 3 is 2.36 bits per heavy atom. The van der Waals surface area contributed by atoms with Crippen LogP contribution in [-0.4, -0.2) is 11.1 Å². The van der Waals surface area contributed by atoms with Crippen molar-refractivity contribution < 1.29 is 9.90 Å². The summed E-state index contributed by atoms with van der Waals surface area (Å²) in [7, 11) is 0. The van der Waals surface area contributed by atoms with Crippen LogP contribution in [0.5, 0.6) is 0 Å². The van der Waals surface area contributed by atoms with Gasteiger partial charge in [-0.1, -0.05) is 41.9 Å². The number of aryl methyl sites for hydroxylation is 1. The van der Waals surface area contributed by atoms with Crippen molar-refractivity contribution in [3.05, 3.63) is 70.7 Å². The van der Waals surface area contributed by atoms with Crippen LogP contribution in [0.3, 0.4) is 0 Å². The van der Waals surface area contributed by atoms with Crippen LogP contribution in [0.1, 0.15) is 15.9 Å². The van der Waals surface area contributed by atoms with E-state index in [9.17, 15) is 9.90 Å². The van der Waals surface area contributed by atoms with Gasteiger partial charge in [0.2, 0.25) is 0 Å². The van der Waals surface area contributed by atoms with Crippen molar-refractivity contribution in [2.24, 2.45) is 0 Å². The Kier molecular flexibility index (Phi) is 3.73. The number of aromatic carboxylic acids is 1. The summed E-state index contributed by atoms with van der Waals surface area (Å²) >= 11 is 6.26. The normalized spacial score (nSPS) is 10.6. The predicted octanol–water partition coefficient (Wildman–Crippen LogP) is 5.24. The fourth-order valence-electron chi connectivity index (χ4n) is 2.46. The lowest BCUT2D eigenvalue weighted by molar-refractivity contribution is 0.0699. The van der Waals surface area contributed by atoms with Crippen molar-refractivity contribution in [2.45, 2.75) is 6.92 Å². The molecule has 0 bridgehead atoms. The van der Waals surface area contributed by atoms with Gasteiger partial charge in [0.15, 0.2) is 0 Å². The Morgan fingerprint density at radius 1 is 1.00 bits per heavy atom. The van der Waals surface area contributed by atoms with Crippen LogP contribution in [0.15, 0.2) is 54.6 Å². The smallest absolute Gasteiger partial charge is 0.336 e. The molecule has 110 valence electrons. The minimum atomic E-state index is -0.934. The van der Waals surface area contributed by atoms with Gasteiger partial charge in [-0.3, -0.25) is 0 Å². The molecule has 0 spiro atoms. The number of benzene rings is 3. The summed E-state index contributed by atoms with van der Waals surface area (Å²) in [5, 5.41) is 14.8. The lowest BCUT2D eigenvalue weighted by Crippen LogP contribution is -2.00. The van der Waals surface area contributed by atoms with Crippen molar-refractivity contribution in [3.63, 3.8) is 0 Å². The van der Waals surface area contributed by atoms with Crippen molar-refractivity contribution >= 4 is 39.7 Å². The fourth-order valence-corrected chi connectivity index (χ4v) is 2.74. The molecule has 0 radical (unpaired) electrons. The first-order valence-electron chi connectivity index (χ1n) is 6.84. The number of hydrogen-bond donors (Lipinski definition) is 2. The average molecular weight is 312 g/mol. The third-order valence-corrected chi connectivity index (χ3v) is 3.86. The fraction of sp³-hybridized carbons (Fsp3) is 0.0556. The first-order chi connectivity index (χ1) is 10.6. The van der Waals surface area contributed by atoms with Crippen LogP contribution in [0.25, 0.3) is 10.8 Å². The van der Waals surface area contributed by atoms with Gasteiger partial charge in [-0.05, 0) is 42.1 Å². The first-order valence-corrected chi connectivity index (χ1v) is 7.22. The minimum absolute atomic E-state index is 0.288. The summed E-state index contributed by atoms with van der Waals surface area (Å²) in [6, 6.07) is 16.6. The third kappa shape index (κ3) is 2.63. The number of carboxylic acids is 1. The van der Waals surface area contributed by atoms with Crippen LogP contribution in [0.2, 0.25) is 5.02 Å². The van der Waals surface area contributed by atoms with E-state index in [4.69, 9.17) is 11.6 Å². The highest BCUT2D eigenvalue weighted by atomic mass is 35.5. The zero-order valence-corrected chi connectivity index (χ0v) is 12.7. The standard InChI is InChI=1S/C18H14ClNO2/c1-11-6-8-17(15(19)10-11)20-16-9-7-14(18(21)22)12-4-2-3-5-13(12)16/h2-10,20H,1H3,(H,21,22). The van der Waals surface area contributed by atoms with Crippen LogP contribution >= 0.6 is 11.6 Å². The second-order valence-corrected chi connectivity index (χ2v) is 5.53. The quantitative estimate of drug-likeness (QED) is 0.695. The number of halogens is 1. The van der Waals surface area contributed by atoms with Gasteiger partial charge in [-0.25, -0.2) is 4.79 Å². The van der Waals surface area contributed by atoms with Gasteiger partial charge in [-0.15, -0.1) is 0 Å². The first kappa shape index (κ1) is 14.4. The Balaban J connectivity index is 2.12. The molecule has 3 aromatic carbocycles. The molecule has 0 heterocycles. The minimum Gasteiger partial charge on any atom is -0.478 e. The van der Waals surface area contributed by atoms with Gasteiger partial charge in [-0.2, -0.15) is 0 Å². The molecule has 0 amide bonds. The van der Waals surface area contributed by atoms with E-state index < -0.39 is 5.97 Å². The molecular formula is C18H14ClNO2. The highest BCUT2D eigenvalue weighted by Crippen LogP contribution is 2.32. The van der Waals surface area contributed by atoms with Gasteiger partial charge in [0, 0.05) is 11.1 Å². The zero-order chi connectivity index (χ0) is 15.7. The monoisotopic (exact) mass is 311 g/mol. The molecule has 22 heavy (non-hydrogen) atoms. The summed E-state index contributed by atoms with van der Waals surface area (Å²) in [6.45, 7) is 1.98. The van der Waals surface area contributed by atoms with E-state index in [1.54, 1.807) is 18.2 Å². The second kappa shape index (κ2) is 5.70. The molecule has 2 N–H and O–H groups in total. The van der Waals surface area contributed by atoms with Gasteiger partial charge >= 0.3 is 5.97 Å². The van der Waals surface area contributed by atoms with E-state index in [1.807, 2.05) is 43.3 Å². The zero-order valence-electron chi connectivity index (χ0n) is 11.9. The van der Waals surface area contributed by atoms with Crippen molar-refractivity contribution in [2.75, 3.05) is 5.32 Å². The Labute approximate surface area is 133 Å². The average Bonchev–Trinajstić information content (AvgIpc) is 2.50. The van der Waals surface area contributed by atoms with E-state index >= 15 is 0 Å². The second-order valence-electron chi connectivity index (χ2n) is 5.12. The lowest BCUT2D eigenvalue weighted by atomic mass is 10.0. The highest BCUT2D eigenvalue weighted by Gasteiger charge is 2.11. The predicted molar refractivity (Wildman–Crippen MR) is 90.4 cm³/mol. The summed E-state index contributed by atoms with van der Waals surface area (Å²) < 4.78 is 0. The van der Waals surface area contributed by atoms with Crippen molar-refractivity contribution in [3.8, 4) is 0 Å². The Morgan fingerprint density at radius 2 is 1.68 bits per heavy atom. The van der Waals surface area contributed by atoms with E-state index in [1.165, 1.54) is 0 Å². The largest absolute Gasteiger partial charge is 0.478 e. The third-order valence-electron chi connectivity index (χ3n) is 3.55. The Bertz CT molecular complexity index is 874. The molecule has 0 fully saturated rings. The number of carboxylic acid groups (broad SMARTS) is 1. The summed E-state index contributed by atoms with van der Waals surface area (Å²) in [4.78, 5) is 11.3. The number of rotatable bonds is 3. The number of hydrogen-bond acceptors (Lipinski definition) is 2. The van der Waals surface area contributed by atoms with Gasteiger partial charge in [0.05, 0.1) is 16.3 Å². The number of fused-ring (bicyclic) bond motifs is 1. The topological polar surface area (TPSA) is 49.3 Å². The molecule has 3 aromatic rings. The maximum atomic E-state index is 11.3. The molecule has 0 saturated heterocycles. The molecule has 0 aliphatic carbocycles. The van der Waals surface area contributed by atoms with Crippen LogP contribution < -0.4 is 5.32 Å². The molecule has 3 nitrogen and oxygen atoms in total. The van der Waals surface area contributed by atoms with E-state index in [0.29, 0.717) is 10.4 Å². The number of anilines is 2. The number of carbonyl (C=O) groups is 1. The molecule has 3 rings (SSSR count). The maximum Gasteiger partial charge on any atom is 0.336 e. The number of nitrogens with one attached hydrogen (secondary N) is 1. The molecule has 0 aliphatic rings. The van der Waals surface area contributed by atoms with E-state index in [-0.39, 0.29) is 5.56 Å². The van der Waals surface area contributed by atoms with Crippen LogP contribution in [0, 0.1) is 6.92 Å². The molecule has 0 aromatic heterocycles. The van der Waals surface area contributed by atoms with Crippen LogP contribution in [0.4, 0.5) is 11.4 Å². The van der Waals surface area contributed by atoms with E-state index in [0.717, 1.165) is 22.3 Å². The molecular weight excluding hydrogens is 298 g/mol. The molecule has 0 saturated carbocycles. The van der Waals surface area contributed by atoms with Crippen molar-refractivity contribution in [1.29, 1.82) is 0 Å². The lowest BCUT2D eigenvalue weighted by Gasteiger charge is -2.13. The summed E-state index contributed by atoms with van der Waals surface area (Å²) in [6.07, 6.45) is 0. The molecule has 0 aliphatic heterocycles. The molecule has 0 atom stereocenters. The van der Waals surface area contributed by atoms with E-state index in [2.05, 4.69) is 5.32 Å². The van der Waals surface area contributed by atoms with Gasteiger partial charge in [0.25, 0.3) is 0 Å². The van der Waals surface area contributed by atoms with Crippen molar-refractivity contribution in [1.82, 2.24) is 0 Å². The summed E-state index contributed by atoms with van der Waals surface area (Å²) in [5.74, 6) is -0.934. The summed E-state index contributed by atoms with van der Waals surface area (Å²) in [5.41, 5.74) is 2.99. The Hall–Kier alpha value is -2.52. The molecule has 4 heteroatoms. The maximum absolute atomic E-state index is 11.3. The molecule has 0 unspecified atom stereocenters. The van der Waals surface area contributed by atoms with Gasteiger partial charge < -0.3 is 10.4 Å². The highest BCUT2D eigenvalue weighted by molar-refractivity contribution is 6.33. The van der Waals surface area contributed by atoms with Crippen LogP contribution in [-0.2, 0) is 0 Å².